The van der Waals surface area contributed by atoms with E-state index < -0.39 is 15.8 Å². The molecule has 7 heteroatoms. The molecule has 1 rings (SSSR count). The van der Waals surface area contributed by atoms with Gasteiger partial charge >= 0.3 is 5.97 Å². The fraction of sp³-hybridized carbons (Fsp3) is 0.417. The number of hydrogen-bond donors (Lipinski definition) is 1. The lowest BCUT2D eigenvalue weighted by Gasteiger charge is -2.17. The number of hydrogen-bond acceptors (Lipinski definition) is 4. The molecule has 0 aromatic heterocycles. The summed E-state index contributed by atoms with van der Waals surface area (Å²) in [6, 6.07) is 5.93. The number of aliphatic carboxylic acids is 1. The fourth-order valence-electron chi connectivity index (χ4n) is 1.55. The van der Waals surface area contributed by atoms with Gasteiger partial charge in [0.05, 0.1) is 17.2 Å². The summed E-state index contributed by atoms with van der Waals surface area (Å²) in [5.74, 6) is -1.08. The first kappa shape index (κ1) is 15.9. The van der Waals surface area contributed by atoms with Crippen LogP contribution in [0, 0.1) is 0 Å². The van der Waals surface area contributed by atoms with Gasteiger partial charge in [-0.15, -0.1) is 0 Å². The molecule has 0 aliphatic rings. The molecule has 1 aromatic rings. The van der Waals surface area contributed by atoms with Gasteiger partial charge in [-0.1, -0.05) is 18.5 Å². The lowest BCUT2D eigenvalue weighted by Crippen LogP contribution is -2.33. The van der Waals surface area contributed by atoms with Crippen molar-refractivity contribution in [1.29, 1.82) is 0 Å². The van der Waals surface area contributed by atoms with E-state index in [2.05, 4.69) is 0 Å². The van der Waals surface area contributed by atoms with E-state index in [1.807, 2.05) is 0 Å². The van der Waals surface area contributed by atoms with Gasteiger partial charge in [-0.05, 0) is 30.8 Å². The molecule has 0 fully saturated rings. The summed E-state index contributed by atoms with van der Waals surface area (Å²) >= 11 is 5.70. The van der Waals surface area contributed by atoms with Crippen molar-refractivity contribution in [3.63, 3.8) is 0 Å². The van der Waals surface area contributed by atoms with Crippen molar-refractivity contribution in [2.45, 2.75) is 11.8 Å². The SMILES string of the molecule is CCN(CCS(=O)(=O)c1ccc(Cl)cc1)CC(=O)O. The largest absolute Gasteiger partial charge is 0.480 e. The molecule has 1 N–H and O–H groups in total. The van der Waals surface area contributed by atoms with E-state index >= 15 is 0 Å². The van der Waals surface area contributed by atoms with Crippen molar-refractivity contribution in [3.05, 3.63) is 29.3 Å². The number of carboxylic acids is 1. The maximum absolute atomic E-state index is 12.0. The Bertz CT molecular complexity index is 527. The van der Waals surface area contributed by atoms with Gasteiger partial charge in [0.2, 0.25) is 0 Å². The van der Waals surface area contributed by atoms with Crippen molar-refractivity contribution in [2.24, 2.45) is 0 Å². The van der Waals surface area contributed by atoms with E-state index in [4.69, 9.17) is 16.7 Å². The highest BCUT2D eigenvalue weighted by molar-refractivity contribution is 7.91. The first-order chi connectivity index (χ1) is 8.85. The van der Waals surface area contributed by atoms with Gasteiger partial charge in [-0.25, -0.2) is 8.42 Å². The van der Waals surface area contributed by atoms with Crippen LogP contribution in [0.5, 0.6) is 0 Å². The number of sulfone groups is 1. The van der Waals surface area contributed by atoms with Crippen LogP contribution in [0.2, 0.25) is 5.02 Å². The van der Waals surface area contributed by atoms with Gasteiger partial charge < -0.3 is 5.11 Å². The number of carboxylic acid groups (broad SMARTS) is 1. The molecule has 1 aromatic carbocycles. The first-order valence-corrected chi connectivity index (χ1v) is 7.80. The second-order valence-electron chi connectivity index (χ2n) is 4.04. The average Bonchev–Trinajstić information content (AvgIpc) is 2.34. The Morgan fingerprint density at radius 3 is 2.37 bits per heavy atom. The van der Waals surface area contributed by atoms with Crippen LogP contribution < -0.4 is 0 Å². The molecule has 5 nitrogen and oxygen atoms in total. The summed E-state index contributed by atoms with van der Waals surface area (Å²) < 4.78 is 24.1. The fourth-order valence-corrected chi connectivity index (χ4v) is 2.96. The third-order valence-electron chi connectivity index (χ3n) is 2.66. The standard InChI is InChI=1S/C12H16ClNO4S/c1-2-14(9-12(15)16)7-8-19(17,18)11-5-3-10(13)4-6-11/h3-6H,2,7-9H2,1H3,(H,15,16). The predicted octanol–water partition coefficient (Wildman–Crippen LogP) is 1.52. The summed E-state index contributed by atoms with van der Waals surface area (Å²) in [5, 5.41) is 9.16. The second kappa shape index (κ2) is 6.88. The molecule has 0 heterocycles. The van der Waals surface area contributed by atoms with Crippen molar-refractivity contribution in [2.75, 3.05) is 25.4 Å². The smallest absolute Gasteiger partial charge is 0.317 e. The van der Waals surface area contributed by atoms with E-state index in [1.54, 1.807) is 11.8 Å². The zero-order valence-electron chi connectivity index (χ0n) is 10.5. The highest BCUT2D eigenvalue weighted by atomic mass is 35.5. The molecule has 0 atom stereocenters. The summed E-state index contributed by atoms with van der Waals surface area (Å²) in [6.45, 7) is 2.31. The van der Waals surface area contributed by atoms with Crippen molar-refractivity contribution in [3.8, 4) is 0 Å². The van der Waals surface area contributed by atoms with Crippen molar-refractivity contribution >= 4 is 27.4 Å². The number of likely N-dealkylation sites (N-methyl/N-ethyl adjacent to an activating group) is 1. The molecule has 0 radical (unpaired) electrons. The van der Waals surface area contributed by atoms with Crippen LogP contribution in [0.15, 0.2) is 29.2 Å². The Morgan fingerprint density at radius 1 is 1.32 bits per heavy atom. The quantitative estimate of drug-likeness (QED) is 0.826. The number of carbonyl (C=O) groups is 1. The van der Waals surface area contributed by atoms with Gasteiger partial charge in [0, 0.05) is 11.6 Å². The van der Waals surface area contributed by atoms with Crippen LogP contribution >= 0.6 is 11.6 Å². The van der Waals surface area contributed by atoms with Crippen LogP contribution in [-0.2, 0) is 14.6 Å². The highest BCUT2D eigenvalue weighted by Crippen LogP contribution is 2.15. The van der Waals surface area contributed by atoms with Gasteiger partial charge in [-0.2, -0.15) is 0 Å². The van der Waals surface area contributed by atoms with Crippen LogP contribution in [-0.4, -0.2) is 49.8 Å². The van der Waals surface area contributed by atoms with Crippen LogP contribution in [0.3, 0.4) is 0 Å². The summed E-state index contributed by atoms with van der Waals surface area (Å²) in [4.78, 5) is 12.4. The van der Waals surface area contributed by atoms with Crippen LogP contribution in [0.25, 0.3) is 0 Å². The van der Waals surface area contributed by atoms with E-state index in [0.29, 0.717) is 11.6 Å². The Kier molecular flexibility index (Phi) is 5.78. The molecule has 0 aliphatic heterocycles. The maximum atomic E-state index is 12.0. The second-order valence-corrected chi connectivity index (χ2v) is 6.58. The normalized spacial score (nSPS) is 11.7. The minimum Gasteiger partial charge on any atom is -0.480 e. The van der Waals surface area contributed by atoms with E-state index in [0.717, 1.165) is 0 Å². The monoisotopic (exact) mass is 305 g/mol. The molecule has 0 saturated carbocycles. The van der Waals surface area contributed by atoms with Gasteiger partial charge in [-0.3, -0.25) is 9.69 Å². The van der Waals surface area contributed by atoms with Crippen LogP contribution in [0.1, 0.15) is 6.92 Å². The lowest BCUT2D eigenvalue weighted by atomic mass is 10.4. The van der Waals surface area contributed by atoms with E-state index in [1.165, 1.54) is 24.3 Å². The third kappa shape index (κ3) is 5.18. The zero-order chi connectivity index (χ0) is 14.5. The molecule has 0 amide bonds. The molecular weight excluding hydrogens is 290 g/mol. The minimum atomic E-state index is -3.41. The molecule has 0 aliphatic carbocycles. The molecular formula is C12H16ClNO4S. The molecule has 0 saturated heterocycles. The first-order valence-electron chi connectivity index (χ1n) is 5.77. The van der Waals surface area contributed by atoms with Gasteiger partial charge in [0.15, 0.2) is 9.84 Å². The Morgan fingerprint density at radius 2 is 1.89 bits per heavy atom. The molecule has 0 spiro atoms. The molecule has 0 bridgehead atoms. The third-order valence-corrected chi connectivity index (χ3v) is 4.62. The number of nitrogens with zero attached hydrogens (tertiary/aromatic N) is 1. The molecule has 19 heavy (non-hydrogen) atoms. The number of halogens is 1. The van der Waals surface area contributed by atoms with Crippen molar-refractivity contribution in [1.82, 2.24) is 4.90 Å². The molecule has 0 unspecified atom stereocenters. The summed E-state index contributed by atoms with van der Waals surface area (Å²) in [6.07, 6.45) is 0. The predicted molar refractivity (Wildman–Crippen MR) is 73.3 cm³/mol. The minimum absolute atomic E-state index is 0.115. The lowest BCUT2D eigenvalue weighted by molar-refractivity contribution is -0.138. The van der Waals surface area contributed by atoms with Gasteiger partial charge in [0.25, 0.3) is 0 Å². The Labute approximate surface area is 117 Å². The Balaban J connectivity index is 2.69. The van der Waals surface area contributed by atoms with Gasteiger partial charge in [0.1, 0.15) is 0 Å². The van der Waals surface area contributed by atoms with E-state index in [9.17, 15) is 13.2 Å². The van der Waals surface area contributed by atoms with E-state index in [-0.39, 0.29) is 23.7 Å². The Hall–Kier alpha value is -1.11. The maximum Gasteiger partial charge on any atom is 0.317 e. The summed E-state index contributed by atoms with van der Waals surface area (Å²) in [5.41, 5.74) is 0. The zero-order valence-corrected chi connectivity index (χ0v) is 12.1. The topological polar surface area (TPSA) is 74.7 Å². The van der Waals surface area contributed by atoms with Crippen LogP contribution in [0.4, 0.5) is 0 Å². The number of rotatable bonds is 7. The average molecular weight is 306 g/mol. The summed E-state index contributed by atoms with van der Waals surface area (Å²) in [7, 11) is -3.41. The van der Waals surface area contributed by atoms with Crippen molar-refractivity contribution < 1.29 is 18.3 Å². The number of benzene rings is 1. The molecule has 106 valence electrons. The highest BCUT2D eigenvalue weighted by Gasteiger charge is 2.17.